The van der Waals surface area contributed by atoms with E-state index in [0.717, 1.165) is 80.8 Å². The van der Waals surface area contributed by atoms with Crippen LogP contribution in [0.5, 0.6) is 0 Å². The zero-order valence-corrected chi connectivity index (χ0v) is 33.2. The summed E-state index contributed by atoms with van der Waals surface area (Å²) < 4.78 is 47.7. The number of aryl methyl sites for hydroxylation is 1. The maximum Gasteiger partial charge on any atom is 0.416 e. The molecule has 0 amide bonds. The van der Waals surface area contributed by atoms with Gasteiger partial charge in [0.05, 0.1) is 5.56 Å². The van der Waals surface area contributed by atoms with E-state index < -0.39 is 11.7 Å². The SMILES string of the molecule is Cc1ccc2sc3c(cc4c(-c5ccccc5)c(-c5ccccc5)c5c6sc7ccc(C(F)(F)F)cc7c6cc6c(-c7ccccc7)c(-c7ccccc7)c3c4c65)c2c1. The summed E-state index contributed by atoms with van der Waals surface area (Å²) in [4.78, 5) is 0. The van der Waals surface area contributed by atoms with Gasteiger partial charge in [-0.2, -0.15) is 13.2 Å². The average Bonchev–Trinajstić information content (AvgIpc) is 3.82. The molecule has 5 heteroatoms. The molecule has 0 N–H and O–H groups in total. The molecule has 0 spiro atoms. The Labute approximate surface area is 345 Å². The molecule has 0 atom stereocenters. The van der Waals surface area contributed by atoms with E-state index in [9.17, 15) is 13.2 Å². The highest BCUT2D eigenvalue weighted by molar-refractivity contribution is 7.27. The van der Waals surface area contributed by atoms with Gasteiger partial charge in [-0.05, 0) is 105 Å². The molecule has 2 aromatic heterocycles. The molecule has 0 aliphatic rings. The quantitative estimate of drug-likeness (QED) is 0.156. The molecule has 0 radical (unpaired) electrons. The molecule has 0 bridgehead atoms. The fourth-order valence-electron chi connectivity index (χ4n) is 9.62. The first kappa shape index (κ1) is 34.5. The van der Waals surface area contributed by atoms with Gasteiger partial charge >= 0.3 is 6.18 Å². The minimum atomic E-state index is -4.47. The van der Waals surface area contributed by atoms with Crippen LogP contribution in [0.1, 0.15) is 11.1 Å². The standard InChI is InChI=1S/C54H31F3S2/c1-30-22-24-42-36(26-30)38-28-40-44(31-14-6-2-7-15-31)47(34-20-12-5-13-21-34)51-49-41(29-39-37-27-35(54(55,56)57)23-25-43(37)59-53(39)51)45(32-16-8-3-9-17-32)46(33-18-10-4-11-19-33)50(48(40)49)52(38)58-42/h2-29H,1H3. The maximum absolute atomic E-state index is 14.5. The Kier molecular flexibility index (Phi) is 7.45. The predicted molar refractivity (Wildman–Crippen MR) is 247 cm³/mol. The molecule has 2 heterocycles. The van der Waals surface area contributed by atoms with Crippen molar-refractivity contribution in [3.05, 3.63) is 181 Å². The van der Waals surface area contributed by atoms with E-state index in [4.69, 9.17) is 0 Å². The fourth-order valence-corrected chi connectivity index (χ4v) is 12.1. The highest BCUT2D eigenvalue weighted by atomic mass is 32.1. The molecule has 0 saturated heterocycles. The summed E-state index contributed by atoms with van der Waals surface area (Å²) in [7, 11) is 0. The minimum absolute atomic E-state index is 0.619. The van der Waals surface area contributed by atoms with Gasteiger partial charge in [-0.15, -0.1) is 22.7 Å². The van der Waals surface area contributed by atoms with E-state index in [2.05, 4.69) is 146 Å². The van der Waals surface area contributed by atoms with Crippen molar-refractivity contribution in [3.8, 4) is 44.5 Å². The number of hydrogen-bond donors (Lipinski definition) is 0. The van der Waals surface area contributed by atoms with Crippen LogP contribution >= 0.6 is 22.7 Å². The number of fused-ring (bicyclic) bond motifs is 8. The van der Waals surface area contributed by atoms with Crippen molar-refractivity contribution in [2.75, 3.05) is 0 Å². The van der Waals surface area contributed by atoms with Crippen LogP contribution in [-0.2, 0) is 6.18 Å². The summed E-state index contributed by atoms with van der Waals surface area (Å²) in [6.45, 7) is 2.16. The summed E-state index contributed by atoms with van der Waals surface area (Å²) in [5.41, 5.74) is 9.30. The third kappa shape index (κ3) is 5.08. The maximum atomic E-state index is 14.5. The number of hydrogen-bond acceptors (Lipinski definition) is 2. The molecular weight excluding hydrogens is 770 g/mol. The highest BCUT2D eigenvalue weighted by Crippen LogP contribution is 2.59. The Morgan fingerprint density at radius 3 is 1.17 bits per heavy atom. The Balaban J connectivity index is 1.47. The zero-order valence-electron chi connectivity index (χ0n) is 31.6. The van der Waals surface area contributed by atoms with E-state index in [0.29, 0.717) is 5.39 Å². The van der Waals surface area contributed by atoms with E-state index in [1.165, 1.54) is 48.6 Å². The summed E-state index contributed by atoms with van der Waals surface area (Å²) in [5.74, 6) is 0. The van der Waals surface area contributed by atoms with Crippen molar-refractivity contribution in [2.24, 2.45) is 0 Å². The van der Waals surface area contributed by atoms with Crippen LogP contribution in [0.2, 0.25) is 0 Å². The molecule has 10 aromatic carbocycles. The molecule has 0 aliphatic carbocycles. The zero-order chi connectivity index (χ0) is 39.6. The van der Waals surface area contributed by atoms with Crippen molar-refractivity contribution >= 4 is 95.3 Å². The molecule has 280 valence electrons. The van der Waals surface area contributed by atoms with Crippen LogP contribution in [0.15, 0.2) is 170 Å². The van der Waals surface area contributed by atoms with Gasteiger partial charge in [-0.3, -0.25) is 0 Å². The summed E-state index contributed by atoms with van der Waals surface area (Å²) in [6.07, 6.45) is -4.47. The van der Waals surface area contributed by atoms with Gasteiger partial charge in [-0.25, -0.2) is 0 Å². The molecule has 0 nitrogen and oxygen atoms in total. The molecule has 0 saturated carbocycles. The van der Waals surface area contributed by atoms with Crippen LogP contribution in [0, 0.1) is 6.92 Å². The second kappa shape index (κ2) is 12.7. The molecule has 0 fully saturated rings. The van der Waals surface area contributed by atoms with Crippen molar-refractivity contribution in [2.45, 2.75) is 13.1 Å². The Morgan fingerprint density at radius 1 is 0.356 bits per heavy atom. The monoisotopic (exact) mass is 800 g/mol. The van der Waals surface area contributed by atoms with E-state index >= 15 is 0 Å². The van der Waals surface area contributed by atoms with Gasteiger partial charge in [-0.1, -0.05) is 133 Å². The first-order valence-corrected chi connectivity index (χ1v) is 21.3. The molecule has 59 heavy (non-hydrogen) atoms. The smallest absolute Gasteiger partial charge is 0.166 e. The van der Waals surface area contributed by atoms with Crippen molar-refractivity contribution in [3.63, 3.8) is 0 Å². The number of alkyl halides is 3. The number of rotatable bonds is 4. The molecule has 0 unspecified atom stereocenters. The average molecular weight is 801 g/mol. The number of halogens is 3. The summed E-state index contributed by atoms with van der Waals surface area (Å²) >= 11 is 3.44. The second-order valence-corrected chi connectivity index (χ2v) is 17.6. The lowest BCUT2D eigenvalue weighted by Crippen LogP contribution is -2.03. The second-order valence-electron chi connectivity index (χ2n) is 15.5. The first-order chi connectivity index (χ1) is 28.8. The topological polar surface area (TPSA) is 0 Å². The minimum Gasteiger partial charge on any atom is -0.166 e. The lowest BCUT2D eigenvalue weighted by molar-refractivity contribution is -0.137. The fraction of sp³-hybridized carbons (Fsp3) is 0.0370. The summed E-state index contributed by atoms with van der Waals surface area (Å²) in [6, 6.07) is 58.1. The predicted octanol–water partition coefficient (Wildman–Crippen LogP) is 17.3. The number of benzene rings is 10. The highest BCUT2D eigenvalue weighted by Gasteiger charge is 2.33. The molecular formula is C54H31F3S2. The van der Waals surface area contributed by atoms with Gasteiger partial charge in [0, 0.05) is 61.9 Å². The van der Waals surface area contributed by atoms with Crippen molar-refractivity contribution < 1.29 is 13.2 Å². The van der Waals surface area contributed by atoms with E-state index in [1.54, 1.807) is 17.4 Å². The van der Waals surface area contributed by atoms with Gasteiger partial charge in [0.1, 0.15) is 0 Å². The lowest BCUT2D eigenvalue weighted by atomic mass is 9.77. The Morgan fingerprint density at radius 2 is 0.746 bits per heavy atom. The molecule has 0 aliphatic heterocycles. The van der Waals surface area contributed by atoms with Crippen LogP contribution in [-0.4, -0.2) is 0 Å². The normalized spacial score (nSPS) is 12.4. The van der Waals surface area contributed by atoms with E-state index in [1.807, 2.05) is 23.5 Å². The van der Waals surface area contributed by atoms with Crippen LogP contribution < -0.4 is 0 Å². The molecule has 12 rings (SSSR count). The van der Waals surface area contributed by atoms with E-state index in [-0.39, 0.29) is 0 Å². The van der Waals surface area contributed by atoms with Crippen molar-refractivity contribution in [1.82, 2.24) is 0 Å². The van der Waals surface area contributed by atoms with Crippen molar-refractivity contribution in [1.29, 1.82) is 0 Å². The van der Waals surface area contributed by atoms with Gasteiger partial charge in [0.2, 0.25) is 0 Å². The Hall–Kier alpha value is -6.53. The first-order valence-electron chi connectivity index (χ1n) is 19.7. The lowest BCUT2D eigenvalue weighted by Gasteiger charge is -2.26. The molecule has 12 aromatic rings. The van der Waals surface area contributed by atoms with Crippen LogP contribution in [0.3, 0.4) is 0 Å². The largest absolute Gasteiger partial charge is 0.416 e. The van der Waals surface area contributed by atoms with Gasteiger partial charge in [0.15, 0.2) is 0 Å². The number of thiophene rings is 2. The van der Waals surface area contributed by atoms with Gasteiger partial charge in [0.25, 0.3) is 0 Å². The van der Waals surface area contributed by atoms with Crippen LogP contribution in [0.4, 0.5) is 13.2 Å². The Bertz CT molecular complexity index is 3620. The third-order valence-corrected chi connectivity index (χ3v) is 14.5. The van der Waals surface area contributed by atoms with Gasteiger partial charge < -0.3 is 0 Å². The summed E-state index contributed by atoms with van der Waals surface area (Å²) in [5, 5.41) is 10.7. The third-order valence-electron chi connectivity index (χ3n) is 12.0. The van der Waals surface area contributed by atoms with Crippen LogP contribution in [0.25, 0.3) is 117 Å².